The molecule has 6 heteroatoms. The molecule has 2 fully saturated rings. The van der Waals surface area contributed by atoms with Crippen LogP contribution in [0.5, 0.6) is 0 Å². The zero-order valence-electron chi connectivity index (χ0n) is 13.8. The van der Waals surface area contributed by atoms with Gasteiger partial charge in [-0.1, -0.05) is 12.8 Å². The van der Waals surface area contributed by atoms with Gasteiger partial charge in [0.15, 0.2) is 5.96 Å². The van der Waals surface area contributed by atoms with Crippen LogP contribution in [-0.4, -0.2) is 52.0 Å². The van der Waals surface area contributed by atoms with Crippen molar-refractivity contribution in [3.05, 3.63) is 0 Å². The van der Waals surface area contributed by atoms with E-state index in [1.165, 1.54) is 19.3 Å². The van der Waals surface area contributed by atoms with Crippen molar-refractivity contribution >= 4 is 29.9 Å². The van der Waals surface area contributed by atoms with Crippen molar-refractivity contribution in [2.45, 2.75) is 39.0 Å². The number of guanidine groups is 1. The van der Waals surface area contributed by atoms with Gasteiger partial charge in [-0.3, -0.25) is 4.99 Å². The van der Waals surface area contributed by atoms with Crippen molar-refractivity contribution in [3.8, 4) is 0 Å². The minimum Gasteiger partial charge on any atom is -0.381 e. The van der Waals surface area contributed by atoms with Crippen molar-refractivity contribution in [2.75, 3.05) is 46.1 Å². The van der Waals surface area contributed by atoms with Crippen molar-refractivity contribution in [2.24, 2.45) is 16.8 Å². The maximum Gasteiger partial charge on any atom is 0.191 e. The van der Waals surface area contributed by atoms with E-state index < -0.39 is 0 Å². The Morgan fingerprint density at radius 2 is 2.09 bits per heavy atom. The third-order valence-corrected chi connectivity index (χ3v) is 3.98. The van der Waals surface area contributed by atoms with E-state index in [4.69, 9.17) is 9.47 Å². The molecule has 1 aliphatic heterocycles. The van der Waals surface area contributed by atoms with Gasteiger partial charge in [0.1, 0.15) is 0 Å². The lowest BCUT2D eigenvalue weighted by atomic mass is 10.1. The molecule has 0 radical (unpaired) electrons. The Morgan fingerprint density at radius 3 is 2.77 bits per heavy atom. The second-order valence-electron chi connectivity index (χ2n) is 6.08. The van der Waals surface area contributed by atoms with Crippen molar-refractivity contribution in [1.29, 1.82) is 0 Å². The van der Waals surface area contributed by atoms with E-state index in [1.54, 1.807) is 0 Å². The topological polar surface area (TPSA) is 54.9 Å². The van der Waals surface area contributed by atoms with E-state index in [2.05, 4.69) is 22.5 Å². The molecule has 1 aliphatic carbocycles. The molecule has 0 bridgehead atoms. The Morgan fingerprint density at radius 1 is 1.23 bits per heavy atom. The highest BCUT2D eigenvalue weighted by atomic mass is 127. The normalized spacial score (nSPS) is 21.5. The molecule has 1 unspecified atom stereocenters. The summed E-state index contributed by atoms with van der Waals surface area (Å²) in [5.74, 6) is 2.52. The summed E-state index contributed by atoms with van der Waals surface area (Å²) in [5, 5.41) is 6.70. The van der Waals surface area contributed by atoms with Gasteiger partial charge in [0.2, 0.25) is 0 Å². The highest BCUT2D eigenvalue weighted by molar-refractivity contribution is 14.0. The minimum atomic E-state index is 0. The first-order valence-electron chi connectivity index (χ1n) is 8.56. The first-order valence-corrected chi connectivity index (χ1v) is 8.56. The fourth-order valence-corrected chi connectivity index (χ4v) is 2.47. The van der Waals surface area contributed by atoms with E-state index in [-0.39, 0.29) is 24.0 Å². The van der Waals surface area contributed by atoms with E-state index in [9.17, 15) is 0 Å². The molecule has 0 spiro atoms. The number of hydrogen-bond acceptors (Lipinski definition) is 3. The fourth-order valence-electron chi connectivity index (χ4n) is 2.47. The molecule has 0 aromatic rings. The monoisotopic (exact) mass is 425 g/mol. The molecule has 1 saturated heterocycles. The van der Waals surface area contributed by atoms with Crippen LogP contribution in [0.4, 0.5) is 0 Å². The van der Waals surface area contributed by atoms with Gasteiger partial charge < -0.3 is 20.1 Å². The third kappa shape index (κ3) is 9.15. The number of nitrogens with one attached hydrogen (secondary N) is 2. The van der Waals surface area contributed by atoms with E-state index in [0.717, 1.165) is 70.8 Å². The predicted molar refractivity (Wildman–Crippen MR) is 101 cm³/mol. The SMILES string of the molecule is CCNC(=NCCCOCC1CCOC1)NCCC1CC1.I. The van der Waals surface area contributed by atoms with Gasteiger partial charge in [-0.25, -0.2) is 0 Å². The van der Waals surface area contributed by atoms with Gasteiger partial charge in [-0.05, 0) is 32.1 Å². The lowest BCUT2D eigenvalue weighted by Crippen LogP contribution is -2.38. The van der Waals surface area contributed by atoms with Gasteiger partial charge >= 0.3 is 0 Å². The van der Waals surface area contributed by atoms with Gasteiger partial charge in [-0.2, -0.15) is 0 Å². The van der Waals surface area contributed by atoms with Crippen molar-refractivity contribution in [1.82, 2.24) is 10.6 Å². The summed E-state index contributed by atoms with van der Waals surface area (Å²) >= 11 is 0. The highest BCUT2D eigenvalue weighted by Crippen LogP contribution is 2.31. The summed E-state index contributed by atoms with van der Waals surface area (Å²) in [5.41, 5.74) is 0. The smallest absolute Gasteiger partial charge is 0.191 e. The Kier molecular flexibility index (Phi) is 11.2. The standard InChI is InChI=1S/C16H31N3O2.HI/c1-2-17-16(19-9-6-14-4-5-14)18-8-3-10-20-12-15-7-11-21-13-15;/h14-15H,2-13H2,1H3,(H2,17,18,19);1H. The highest BCUT2D eigenvalue weighted by Gasteiger charge is 2.20. The van der Waals surface area contributed by atoms with Crippen molar-refractivity contribution < 1.29 is 9.47 Å². The first-order chi connectivity index (χ1) is 10.4. The molecular weight excluding hydrogens is 393 g/mol. The Hall–Kier alpha value is -0.0800. The average molecular weight is 425 g/mol. The van der Waals surface area contributed by atoms with Gasteiger partial charge in [0.05, 0.1) is 13.2 Å². The zero-order chi connectivity index (χ0) is 14.8. The van der Waals surface area contributed by atoms with Gasteiger partial charge in [-0.15, -0.1) is 24.0 Å². The Bertz CT molecular complexity index is 306. The Balaban J connectivity index is 0.00000242. The predicted octanol–water partition coefficient (Wildman–Crippen LogP) is 2.40. The molecule has 5 nitrogen and oxygen atoms in total. The van der Waals surface area contributed by atoms with Crippen LogP contribution in [0.25, 0.3) is 0 Å². The van der Waals surface area contributed by atoms with Crippen LogP contribution in [0.2, 0.25) is 0 Å². The number of hydrogen-bond donors (Lipinski definition) is 2. The Labute approximate surface area is 152 Å². The molecule has 2 aliphatic rings. The first kappa shape index (κ1) is 20.0. The lowest BCUT2D eigenvalue weighted by molar-refractivity contribution is 0.0893. The van der Waals surface area contributed by atoms with Crippen LogP contribution < -0.4 is 10.6 Å². The molecule has 0 amide bonds. The van der Waals surface area contributed by atoms with E-state index in [1.807, 2.05) is 0 Å². The number of aliphatic imine (C=N–C) groups is 1. The largest absolute Gasteiger partial charge is 0.381 e. The van der Waals surface area contributed by atoms with Gasteiger partial charge in [0.25, 0.3) is 0 Å². The molecule has 2 rings (SSSR count). The maximum atomic E-state index is 5.69. The van der Waals surface area contributed by atoms with Crippen LogP contribution in [0.1, 0.15) is 39.0 Å². The summed E-state index contributed by atoms with van der Waals surface area (Å²) in [6.45, 7) is 8.27. The lowest BCUT2D eigenvalue weighted by Gasteiger charge is -2.11. The number of nitrogens with zero attached hydrogens (tertiary/aromatic N) is 1. The fraction of sp³-hybridized carbons (Fsp3) is 0.938. The van der Waals surface area contributed by atoms with E-state index >= 15 is 0 Å². The maximum absolute atomic E-state index is 5.69. The number of rotatable bonds is 10. The second kappa shape index (κ2) is 12.4. The van der Waals surface area contributed by atoms with E-state index in [0.29, 0.717) is 5.92 Å². The molecule has 22 heavy (non-hydrogen) atoms. The molecule has 1 saturated carbocycles. The van der Waals surface area contributed by atoms with Gasteiger partial charge in [0, 0.05) is 38.8 Å². The van der Waals surface area contributed by atoms with Crippen LogP contribution in [0.15, 0.2) is 4.99 Å². The quantitative estimate of drug-likeness (QED) is 0.244. The second-order valence-corrected chi connectivity index (χ2v) is 6.08. The number of ether oxygens (including phenoxy) is 2. The van der Waals surface area contributed by atoms with Crippen LogP contribution >= 0.6 is 24.0 Å². The summed E-state index contributed by atoms with van der Waals surface area (Å²) in [6.07, 6.45) is 6.23. The van der Waals surface area contributed by atoms with Crippen LogP contribution in [0, 0.1) is 11.8 Å². The van der Waals surface area contributed by atoms with Crippen molar-refractivity contribution in [3.63, 3.8) is 0 Å². The molecule has 0 aromatic heterocycles. The summed E-state index contributed by atoms with van der Waals surface area (Å²) < 4.78 is 11.0. The van der Waals surface area contributed by atoms with Crippen LogP contribution in [-0.2, 0) is 9.47 Å². The third-order valence-electron chi connectivity index (χ3n) is 3.98. The molecule has 1 atom stereocenters. The molecule has 2 N–H and O–H groups in total. The number of halogens is 1. The molecular formula is C16H32IN3O2. The molecule has 130 valence electrons. The molecule has 1 heterocycles. The zero-order valence-corrected chi connectivity index (χ0v) is 16.1. The summed E-state index contributed by atoms with van der Waals surface area (Å²) in [7, 11) is 0. The van der Waals surface area contributed by atoms with Crippen LogP contribution in [0.3, 0.4) is 0 Å². The average Bonchev–Trinajstić information content (AvgIpc) is 3.16. The summed E-state index contributed by atoms with van der Waals surface area (Å²) in [4.78, 5) is 4.59. The minimum absolute atomic E-state index is 0. The summed E-state index contributed by atoms with van der Waals surface area (Å²) in [6, 6.07) is 0. The molecule has 0 aromatic carbocycles.